The molecule has 0 amide bonds. The van der Waals surface area contributed by atoms with Gasteiger partial charge in [0, 0.05) is 0 Å². The van der Waals surface area contributed by atoms with E-state index in [2.05, 4.69) is 9.97 Å². The summed E-state index contributed by atoms with van der Waals surface area (Å²) in [5.74, 6) is 0.855. The van der Waals surface area contributed by atoms with Crippen LogP contribution in [0.4, 0.5) is 0 Å². The fraction of sp³-hybridized carbons (Fsp3) is 0.154. The number of rotatable bonds is 3. The molecule has 1 aliphatic rings. The van der Waals surface area contributed by atoms with Gasteiger partial charge in [0.05, 0.1) is 19.0 Å². The van der Waals surface area contributed by atoms with Crippen LogP contribution in [0.1, 0.15) is 21.6 Å². The molecule has 0 bridgehead atoms. The van der Waals surface area contributed by atoms with Gasteiger partial charge < -0.3 is 14.4 Å². The Morgan fingerprint density at radius 3 is 2.95 bits per heavy atom. The van der Waals surface area contributed by atoms with Crippen molar-refractivity contribution in [2.75, 3.05) is 0 Å². The normalized spacial score (nSPS) is 13.2. The molecule has 6 nitrogen and oxygen atoms in total. The van der Waals surface area contributed by atoms with E-state index < -0.39 is 7.12 Å². The lowest BCUT2D eigenvalue weighted by atomic mass is 9.76. The number of carbonyl (C=O) groups is 1. The Hall–Kier alpha value is -2.25. The lowest BCUT2D eigenvalue weighted by molar-refractivity contribution is 0.111. The maximum Gasteiger partial charge on any atom is 0.492 e. The molecule has 2 heterocycles. The van der Waals surface area contributed by atoms with Crippen LogP contribution in [0.25, 0.3) is 0 Å². The number of fused-ring (bicyclic) bond motifs is 1. The van der Waals surface area contributed by atoms with Gasteiger partial charge in [0.25, 0.3) is 0 Å². The molecule has 3 rings (SSSR count). The van der Waals surface area contributed by atoms with E-state index in [0.29, 0.717) is 18.6 Å². The molecule has 1 aromatic carbocycles. The summed E-state index contributed by atoms with van der Waals surface area (Å²) in [6.45, 7) is 2.24. The maximum atomic E-state index is 10.5. The van der Waals surface area contributed by atoms with Crippen LogP contribution in [-0.2, 0) is 11.3 Å². The highest BCUT2D eigenvalue weighted by Crippen LogP contribution is 2.25. The van der Waals surface area contributed by atoms with Crippen molar-refractivity contribution in [3.05, 3.63) is 41.3 Å². The molecule has 1 aromatic heterocycles. The zero-order valence-corrected chi connectivity index (χ0v) is 10.7. The van der Waals surface area contributed by atoms with Crippen molar-refractivity contribution >= 4 is 18.9 Å². The molecule has 1 N–H and O–H groups in total. The predicted octanol–water partition coefficient (Wildman–Crippen LogP) is 0.608. The van der Waals surface area contributed by atoms with E-state index in [-0.39, 0.29) is 11.6 Å². The second kappa shape index (κ2) is 5.03. The molecule has 1 aliphatic heterocycles. The van der Waals surface area contributed by atoms with Crippen LogP contribution in [0.3, 0.4) is 0 Å². The largest absolute Gasteiger partial charge is 0.492 e. The lowest BCUT2D eigenvalue weighted by Gasteiger charge is -2.11. The molecule has 7 heteroatoms. The van der Waals surface area contributed by atoms with Crippen LogP contribution in [0.15, 0.2) is 24.5 Å². The molecule has 20 heavy (non-hydrogen) atoms. The molecule has 0 aliphatic carbocycles. The first-order valence-corrected chi connectivity index (χ1v) is 6.06. The van der Waals surface area contributed by atoms with E-state index in [1.54, 1.807) is 6.07 Å². The third kappa shape index (κ3) is 2.17. The molecule has 0 spiro atoms. The van der Waals surface area contributed by atoms with E-state index >= 15 is 0 Å². The molecule has 0 atom stereocenters. The van der Waals surface area contributed by atoms with E-state index in [1.807, 2.05) is 13.0 Å². The van der Waals surface area contributed by atoms with E-state index in [1.165, 1.54) is 12.4 Å². The molecule has 0 saturated heterocycles. The first-order valence-electron chi connectivity index (χ1n) is 6.06. The van der Waals surface area contributed by atoms with Crippen LogP contribution in [0.2, 0.25) is 0 Å². The Labute approximate surface area is 115 Å². The van der Waals surface area contributed by atoms with Crippen molar-refractivity contribution in [3.63, 3.8) is 0 Å². The van der Waals surface area contributed by atoms with Gasteiger partial charge in [-0.3, -0.25) is 4.79 Å². The van der Waals surface area contributed by atoms with Crippen molar-refractivity contribution < 1.29 is 19.2 Å². The zero-order chi connectivity index (χ0) is 14.1. The smallest absolute Gasteiger partial charge is 0.437 e. The van der Waals surface area contributed by atoms with Crippen molar-refractivity contribution in [3.8, 4) is 11.6 Å². The van der Waals surface area contributed by atoms with Gasteiger partial charge in [0.2, 0.25) is 5.88 Å². The molecule has 100 valence electrons. The van der Waals surface area contributed by atoms with Gasteiger partial charge in [-0.1, -0.05) is 6.07 Å². The highest BCUT2D eigenvalue weighted by atomic mass is 16.5. The second-order valence-electron chi connectivity index (χ2n) is 4.42. The minimum absolute atomic E-state index is 0.242. The summed E-state index contributed by atoms with van der Waals surface area (Å²) in [5, 5.41) is 9.78. The zero-order valence-electron chi connectivity index (χ0n) is 10.7. The van der Waals surface area contributed by atoms with Gasteiger partial charge in [0.15, 0.2) is 6.29 Å². The van der Waals surface area contributed by atoms with Crippen LogP contribution >= 0.6 is 0 Å². The van der Waals surface area contributed by atoms with Gasteiger partial charge in [-0.2, -0.15) is 0 Å². The number of hydrogen-bond acceptors (Lipinski definition) is 6. The molecule has 0 unspecified atom stereocenters. The van der Waals surface area contributed by atoms with Crippen LogP contribution in [0, 0.1) is 6.92 Å². The van der Waals surface area contributed by atoms with Crippen molar-refractivity contribution in [2.45, 2.75) is 13.5 Å². The number of hydrogen-bond donors (Lipinski definition) is 1. The van der Waals surface area contributed by atoms with Gasteiger partial charge in [-0.25, -0.2) is 9.97 Å². The third-order valence-electron chi connectivity index (χ3n) is 3.18. The Morgan fingerprint density at radius 1 is 1.40 bits per heavy atom. The lowest BCUT2D eigenvalue weighted by Crippen LogP contribution is -2.30. The Kier molecular flexibility index (Phi) is 3.21. The third-order valence-corrected chi connectivity index (χ3v) is 3.18. The average molecular weight is 270 g/mol. The Morgan fingerprint density at radius 2 is 2.25 bits per heavy atom. The summed E-state index contributed by atoms with van der Waals surface area (Å²) < 4.78 is 10.8. The van der Waals surface area contributed by atoms with Gasteiger partial charge >= 0.3 is 7.12 Å². The molecule has 0 saturated carbocycles. The fourth-order valence-electron chi connectivity index (χ4n) is 2.15. The van der Waals surface area contributed by atoms with Gasteiger partial charge in [0.1, 0.15) is 11.4 Å². The monoisotopic (exact) mass is 270 g/mol. The van der Waals surface area contributed by atoms with E-state index in [0.717, 1.165) is 16.6 Å². The van der Waals surface area contributed by atoms with Crippen LogP contribution in [-0.4, -0.2) is 28.4 Å². The number of aromatic nitrogens is 2. The number of aldehydes is 1. The van der Waals surface area contributed by atoms with E-state index in [9.17, 15) is 9.82 Å². The predicted molar refractivity (Wildman–Crippen MR) is 71.1 cm³/mol. The number of ether oxygens (including phenoxy) is 1. The molecule has 0 radical (unpaired) electrons. The highest BCUT2D eigenvalue weighted by molar-refractivity contribution is 6.62. The van der Waals surface area contributed by atoms with Crippen molar-refractivity contribution in [2.24, 2.45) is 0 Å². The summed E-state index contributed by atoms with van der Waals surface area (Å²) in [4.78, 5) is 18.4. The molecular formula is C13H11BN2O4. The highest BCUT2D eigenvalue weighted by Gasteiger charge is 2.30. The molecule has 2 aromatic rings. The summed E-state index contributed by atoms with van der Waals surface area (Å²) in [5.41, 5.74) is 2.73. The molecular weight excluding hydrogens is 259 g/mol. The number of carbonyl (C=O) groups excluding carboxylic acids is 1. The number of nitrogens with zero attached hydrogens (tertiary/aromatic N) is 2. The van der Waals surface area contributed by atoms with Crippen molar-refractivity contribution in [1.82, 2.24) is 9.97 Å². The second-order valence-corrected chi connectivity index (χ2v) is 4.42. The Bertz CT molecular complexity index is 660. The summed E-state index contributed by atoms with van der Waals surface area (Å²) >= 11 is 0. The minimum atomic E-state index is -0.919. The summed E-state index contributed by atoms with van der Waals surface area (Å²) in [7, 11) is -0.919. The fourth-order valence-corrected chi connectivity index (χ4v) is 2.15. The standard InChI is InChI=1S/C13H11BN2O4/c1-8-11(3-2-9-7-19-14(18)13(8)9)20-12-5-15-10(6-17)4-16-12/h2-6,18H,7H2,1H3. The quantitative estimate of drug-likeness (QED) is 0.650. The SMILES string of the molecule is Cc1c(Oc2cnc(C=O)cn2)ccc2c1B(O)OC2. The summed E-state index contributed by atoms with van der Waals surface area (Å²) in [6.07, 6.45) is 3.33. The van der Waals surface area contributed by atoms with Gasteiger partial charge in [-0.15, -0.1) is 0 Å². The first kappa shape index (κ1) is 12.8. The molecule has 0 fully saturated rings. The first-order chi connectivity index (χ1) is 9.69. The van der Waals surface area contributed by atoms with Gasteiger partial charge in [-0.05, 0) is 29.6 Å². The topological polar surface area (TPSA) is 81.5 Å². The van der Waals surface area contributed by atoms with Crippen LogP contribution in [0.5, 0.6) is 11.6 Å². The maximum absolute atomic E-state index is 10.5. The van der Waals surface area contributed by atoms with E-state index in [4.69, 9.17) is 9.39 Å². The van der Waals surface area contributed by atoms with Crippen LogP contribution < -0.4 is 10.2 Å². The average Bonchev–Trinajstić information content (AvgIpc) is 2.85. The minimum Gasteiger partial charge on any atom is -0.437 e. The Balaban J connectivity index is 1.91. The summed E-state index contributed by atoms with van der Waals surface area (Å²) in [6, 6.07) is 3.64. The number of benzene rings is 1. The van der Waals surface area contributed by atoms with Crippen molar-refractivity contribution in [1.29, 1.82) is 0 Å².